The number of hydrogen-bond acceptors (Lipinski definition) is 6. The summed E-state index contributed by atoms with van der Waals surface area (Å²) < 4.78 is 15.1. The highest BCUT2D eigenvalue weighted by atomic mass is 19.1. The Kier molecular flexibility index (Phi) is 5.18. The van der Waals surface area contributed by atoms with Crippen molar-refractivity contribution in [1.82, 2.24) is 35.1 Å². The fourth-order valence-corrected chi connectivity index (χ4v) is 4.14. The second-order valence-corrected chi connectivity index (χ2v) is 8.20. The topological polar surface area (TPSA) is 125 Å². The number of amides is 1. The maximum atomic E-state index is 15.1. The number of rotatable bonds is 5. The molecule has 0 aliphatic rings. The molecule has 0 atom stereocenters. The second-order valence-electron chi connectivity index (χ2n) is 8.20. The molecule has 0 fully saturated rings. The van der Waals surface area contributed by atoms with E-state index in [1.54, 1.807) is 44.0 Å². The lowest BCUT2D eigenvalue weighted by atomic mass is 10.0. The Morgan fingerprint density at radius 2 is 1.86 bits per heavy atom. The number of nitrogens with one attached hydrogen (secondary N) is 3. The lowest BCUT2D eigenvalue weighted by molar-refractivity contribution is -0.115. The van der Waals surface area contributed by atoms with Gasteiger partial charge in [0.1, 0.15) is 11.2 Å². The van der Waals surface area contributed by atoms with Gasteiger partial charge in [-0.25, -0.2) is 14.4 Å². The summed E-state index contributed by atoms with van der Waals surface area (Å²) >= 11 is 0. The smallest absolute Gasteiger partial charge is 0.224 e. The van der Waals surface area contributed by atoms with E-state index in [0.29, 0.717) is 45.8 Å². The Morgan fingerprint density at radius 3 is 2.69 bits per heavy atom. The monoisotopic (exact) mass is 478 g/mol. The first-order valence-electron chi connectivity index (χ1n) is 11.3. The molecule has 1 amide bonds. The SMILES string of the molecule is CCC(=O)Nc1cncc(-c2cc(F)c3n[nH]c(-c4nc5nccc(-c6ccncc6)c5[nH]4)c3c2)c1. The van der Waals surface area contributed by atoms with E-state index in [1.807, 2.05) is 24.3 Å². The highest BCUT2D eigenvalue weighted by molar-refractivity contribution is 5.98. The highest BCUT2D eigenvalue weighted by Gasteiger charge is 2.18. The molecule has 5 heterocycles. The summed E-state index contributed by atoms with van der Waals surface area (Å²) in [5, 5.41) is 10.4. The minimum Gasteiger partial charge on any atom is -0.335 e. The number of nitrogens with zero attached hydrogens (tertiary/aromatic N) is 5. The predicted octanol–water partition coefficient (Wildman–Crippen LogP) is 5.11. The standard InChI is InChI=1S/C26H19FN8O/c1-2-21(36)31-17-9-16(12-29-13-17)15-10-19-22(20(27)11-15)34-35-24(19)26-32-23-18(5-8-30-25(23)33-26)14-3-6-28-7-4-14/h3-13H,2H2,1H3,(H,31,36)(H,34,35)(H,30,32,33). The lowest BCUT2D eigenvalue weighted by Crippen LogP contribution is -2.09. The molecule has 0 saturated carbocycles. The quantitative estimate of drug-likeness (QED) is 0.316. The number of aromatic nitrogens is 7. The van der Waals surface area contributed by atoms with Crippen molar-refractivity contribution in [2.75, 3.05) is 5.32 Å². The molecule has 1 aromatic carbocycles. The number of fused-ring (bicyclic) bond motifs is 2. The molecule has 176 valence electrons. The van der Waals surface area contributed by atoms with E-state index >= 15 is 4.39 Å². The van der Waals surface area contributed by atoms with E-state index in [4.69, 9.17) is 0 Å². The molecule has 0 saturated heterocycles. The zero-order valence-electron chi connectivity index (χ0n) is 19.1. The van der Waals surface area contributed by atoms with Crippen LogP contribution < -0.4 is 5.32 Å². The summed E-state index contributed by atoms with van der Waals surface area (Å²) in [6.45, 7) is 1.77. The Bertz CT molecular complexity index is 1740. The van der Waals surface area contributed by atoms with Crippen LogP contribution >= 0.6 is 0 Å². The van der Waals surface area contributed by atoms with Crippen LogP contribution in [0.3, 0.4) is 0 Å². The molecule has 0 aliphatic heterocycles. The molecule has 36 heavy (non-hydrogen) atoms. The molecule has 6 aromatic rings. The maximum Gasteiger partial charge on any atom is 0.224 e. The van der Waals surface area contributed by atoms with E-state index in [2.05, 4.69) is 40.4 Å². The Morgan fingerprint density at radius 1 is 1.00 bits per heavy atom. The van der Waals surface area contributed by atoms with Gasteiger partial charge in [-0.3, -0.25) is 19.9 Å². The molecule has 0 spiro atoms. The van der Waals surface area contributed by atoms with Gasteiger partial charge in [0.2, 0.25) is 5.91 Å². The number of pyridine rings is 3. The average molecular weight is 478 g/mol. The third kappa shape index (κ3) is 3.74. The van der Waals surface area contributed by atoms with Crippen LogP contribution in [0.5, 0.6) is 0 Å². The van der Waals surface area contributed by atoms with Crippen molar-refractivity contribution < 1.29 is 9.18 Å². The van der Waals surface area contributed by atoms with Crippen LogP contribution in [0, 0.1) is 5.82 Å². The van der Waals surface area contributed by atoms with Gasteiger partial charge >= 0.3 is 0 Å². The fourth-order valence-electron chi connectivity index (χ4n) is 4.14. The summed E-state index contributed by atoms with van der Waals surface area (Å²) in [6, 6.07) is 10.7. The van der Waals surface area contributed by atoms with E-state index in [-0.39, 0.29) is 11.4 Å². The number of carbonyl (C=O) groups is 1. The van der Waals surface area contributed by atoms with Crippen molar-refractivity contribution >= 4 is 33.7 Å². The Balaban J connectivity index is 1.46. The van der Waals surface area contributed by atoms with Gasteiger partial charge in [-0.05, 0) is 47.5 Å². The van der Waals surface area contributed by atoms with Gasteiger partial charge in [-0.1, -0.05) is 6.92 Å². The van der Waals surface area contributed by atoms with Crippen LogP contribution in [0.1, 0.15) is 13.3 Å². The van der Waals surface area contributed by atoms with E-state index < -0.39 is 5.82 Å². The van der Waals surface area contributed by atoms with Gasteiger partial charge in [-0.15, -0.1) is 0 Å². The van der Waals surface area contributed by atoms with Gasteiger partial charge in [0.25, 0.3) is 0 Å². The first-order valence-corrected chi connectivity index (χ1v) is 11.3. The first kappa shape index (κ1) is 21.5. The summed E-state index contributed by atoms with van der Waals surface area (Å²) in [5.74, 6) is -0.128. The summed E-state index contributed by atoms with van der Waals surface area (Å²) in [4.78, 5) is 32.4. The van der Waals surface area contributed by atoms with Crippen molar-refractivity contribution in [2.24, 2.45) is 0 Å². The molecule has 3 N–H and O–H groups in total. The molecule has 0 bridgehead atoms. The van der Waals surface area contributed by atoms with Crippen LogP contribution in [0.4, 0.5) is 10.1 Å². The third-order valence-corrected chi connectivity index (χ3v) is 5.91. The number of hydrogen-bond donors (Lipinski definition) is 3. The van der Waals surface area contributed by atoms with Gasteiger partial charge in [-0.2, -0.15) is 5.10 Å². The van der Waals surface area contributed by atoms with Gasteiger partial charge < -0.3 is 10.3 Å². The second kappa shape index (κ2) is 8.66. The molecule has 0 unspecified atom stereocenters. The zero-order chi connectivity index (χ0) is 24.6. The summed E-state index contributed by atoms with van der Waals surface area (Å²) in [7, 11) is 0. The van der Waals surface area contributed by atoms with Crippen molar-refractivity contribution in [1.29, 1.82) is 0 Å². The number of halogens is 1. The molecular formula is C26H19FN8O. The molecule has 6 rings (SSSR count). The average Bonchev–Trinajstić information content (AvgIpc) is 3.53. The Hall–Kier alpha value is -4.99. The van der Waals surface area contributed by atoms with Gasteiger partial charge in [0, 0.05) is 47.7 Å². The number of imidazole rings is 1. The fraction of sp³-hybridized carbons (Fsp3) is 0.0769. The molecule has 9 nitrogen and oxygen atoms in total. The molecule has 0 radical (unpaired) electrons. The minimum atomic E-state index is -0.486. The number of H-pyrrole nitrogens is 2. The van der Waals surface area contributed by atoms with Gasteiger partial charge in [0.15, 0.2) is 17.3 Å². The molecule has 10 heteroatoms. The van der Waals surface area contributed by atoms with Crippen molar-refractivity contribution in [3.8, 4) is 33.8 Å². The summed E-state index contributed by atoms with van der Waals surface area (Å²) in [5.41, 5.74) is 5.69. The lowest BCUT2D eigenvalue weighted by Gasteiger charge is -2.07. The zero-order valence-corrected chi connectivity index (χ0v) is 19.1. The molecule has 0 aliphatic carbocycles. The van der Waals surface area contributed by atoms with Crippen LogP contribution in [-0.2, 0) is 4.79 Å². The molecular weight excluding hydrogens is 459 g/mol. The van der Waals surface area contributed by atoms with Crippen molar-refractivity contribution in [2.45, 2.75) is 13.3 Å². The third-order valence-electron chi connectivity index (χ3n) is 5.91. The Labute approximate surface area is 203 Å². The number of anilines is 1. The van der Waals surface area contributed by atoms with E-state index in [9.17, 15) is 4.79 Å². The van der Waals surface area contributed by atoms with Crippen LogP contribution in [0.15, 0.2) is 67.4 Å². The van der Waals surface area contributed by atoms with Gasteiger partial charge in [0.05, 0.1) is 17.4 Å². The minimum absolute atomic E-state index is 0.127. The van der Waals surface area contributed by atoms with Crippen molar-refractivity contribution in [3.63, 3.8) is 0 Å². The van der Waals surface area contributed by atoms with Crippen LogP contribution in [-0.4, -0.2) is 41.0 Å². The number of aromatic amines is 2. The summed E-state index contributed by atoms with van der Waals surface area (Å²) in [6.07, 6.45) is 8.67. The van der Waals surface area contributed by atoms with E-state index in [0.717, 1.165) is 16.6 Å². The largest absolute Gasteiger partial charge is 0.335 e. The van der Waals surface area contributed by atoms with Crippen LogP contribution in [0.25, 0.3) is 55.8 Å². The first-order chi connectivity index (χ1) is 17.6. The normalized spacial score (nSPS) is 11.3. The number of carbonyl (C=O) groups excluding carboxylic acids is 1. The van der Waals surface area contributed by atoms with E-state index in [1.165, 1.54) is 6.07 Å². The predicted molar refractivity (Wildman–Crippen MR) is 134 cm³/mol. The van der Waals surface area contributed by atoms with Crippen LogP contribution in [0.2, 0.25) is 0 Å². The maximum absolute atomic E-state index is 15.1. The van der Waals surface area contributed by atoms with Crippen molar-refractivity contribution in [3.05, 3.63) is 73.2 Å². The number of benzene rings is 1. The highest BCUT2D eigenvalue weighted by Crippen LogP contribution is 2.34. The molecule has 5 aromatic heterocycles.